The number of aromatic nitrogens is 2. The van der Waals surface area contributed by atoms with Gasteiger partial charge in [0.15, 0.2) is 0 Å². The molecule has 0 radical (unpaired) electrons. The van der Waals surface area contributed by atoms with Crippen LogP contribution in [0.4, 0.5) is 5.69 Å². The molecule has 0 spiro atoms. The predicted molar refractivity (Wildman–Crippen MR) is 115 cm³/mol. The minimum absolute atomic E-state index is 0.599. The second-order valence-electron chi connectivity index (χ2n) is 8.64. The van der Waals surface area contributed by atoms with Crippen LogP contribution in [0.5, 0.6) is 5.75 Å². The fourth-order valence-electron chi connectivity index (χ4n) is 5.31. The van der Waals surface area contributed by atoms with E-state index in [0.29, 0.717) is 24.7 Å². The van der Waals surface area contributed by atoms with Crippen LogP contribution in [0.25, 0.3) is 16.8 Å². The number of hydrogen-bond donors (Lipinski definition) is 1. The lowest BCUT2D eigenvalue weighted by molar-refractivity contribution is 0.302. The van der Waals surface area contributed by atoms with Gasteiger partial charge in [-0.25, -0.2) is 4.68 Å². The van der Waals surface area contributed by atoms with Crippen molar-refractivity contribution in [2.75, 3.05) is 11.9 Å². The number of piperidine rings is 1. The molecule has 3 aliphatic heterocycles. The van der Waals surface area contributed by atoms with Gasteiger partial charge in [-0.15, -0.1) is 0 Å². The molecule has 2 saturated heterocycles. The van der Waals surface area contributed by atoms with Gasteiger partial charge in [0.2, 0.25) is 0 Å². The van der Waals surface area contributed by atoms with E-state index >= 15 is 0 Å². The van der Waals surface area contributed by atoms with E-state index in [1.807, 2.05) is 16.9 Å². The average molecular weight is 386 g/mol. The summed E-state index contributed by atoms with van der Waals surface area (Å²) in [6, 6.07) is 17.2. The van der Waals surface area contributed by atoms with Crippen LogP contribution in [0.3, 0.4) is 0 Å². The Balaban J connectivity index is 1.29. The van der Waals surface area contributed by atoms with E-state index in [1.54, 1.807) is 6.20 Å². The number of benzene rings is 2. The first-order valence-corrected chi connectivity index (χ1v) is 10.6. The number of rotatable bonds is 3. The van der Waals surface area contributed by atoms with Crippen molar-refractivity contribution in [1.82, 2.24) is 15.1 Å². The van der Waals surface area contributed by atoms with Gasteiger partial charge < -0.3 is 15.0 Å². The van der Waals surface area contributed by atoms with Crippen LogP contribution in [0.2, 0.25) is 0 Å². The lowest BCUT2D eigenvalue weighted by atomic mass is 9.95. The van der Waals surface area contributed by atoms with E-state index in [9.17, 15) is 0 Å². The summed E-state index contributed by atoms with van der Waals surface area (Å²) in [5.74, 6) is 0.991. The first kappa shape index (κ1) is 17.1. The molecule has 1 unspecified atom stereocenters. The zero-order chi connectivity index (χ0) is 19.4. The number of nitrogens with zero attached hydrogens (tertiary/aromatic N) is 3. The van der Waals surface area contributed by atoms with Crippen molar-refractivity contribution in [3.05, 3.63) is 60.4 Å². The van der Waals surface area contributed by atoms with Crippen molar-refractivity contribution < 1.29 is 4.74 Å². The average Bonchev–Trinajstić information content (AvgIpc) is 3.42. The van der Waals surface area contributed by atoms with Gasteiger partial charge in [-0.2, -0.15) is 5.10 Å². The molecule has 5 heteroatoms. The normalized spacial score (nSPS) is 24.5. The number of ether oxygens (including phenoxy) is 1. The molecule has 3 aliphatic rings. The van der Waals surface area contributed by atoms with Crippen LogP contribution in [0.1, 0.15) is 31.2 Å². The van der Waals surface area contributed by atoms with Crippen molar-refractivity contribution in [3.63, 3.8) is 0 Å². The summed E-state index contributed by atoms with van der Waals surface area (Å²) in [6.07, 6.45) is 8.92. The topological polar surface area (TPSA) is 42.3 Å². The minimum Gasteiger partial charge on any atom is -0.488 e. The van der Waals surface area contributed by atoms with E-state index in [4.69, 9.17) is 4.74 Å². The Morgan fingerprint density at radius 1 is 1.07 bits per heavy atom. The summed E-state index contributed by atoms with van der Waals surface area (Å²) in [5.41, 5.74) is 5.97. The molecule has 1 aromatic heterocycles. The zero-order valence-electron chi connectivity index (χ0n) is 16.7. The molecule has 2 fully saturated rings. The molecule has 2 aromatic carbocycles. The van der Waals surface area contributed by atoms with Gasteiger partial charge in [0.1, 0.15) is 12.4 Å². The molecular weight excluding hydrogens is 360 g/mol. The van der Waals surface area contributed by atoms with Gasteiger partial charge in [-0.1, -0.05) is 6.07 Å². The predicted octanol–water partition coefficient (Wildman–Crippen LogP) is 4.15. The molecule has 3 atom stereocenters. The van der Waals surface area contributed by atoms with Gasteiger partial charge >= 0.3 is 0 Å². The van der Waals surface area contributed by atoms with Crippen LogP contribution >= 0.6 is 0 Å². The Bertz CT molecular complexity index is 1030. The van der Waals surface area contributed by atoms with Crippen LogP contribution < -0.4 is 15.0 Å². The highest BCUT2D eigenvalue weighted by molar-refractivity contribution is 5.78. The molecule has 5 nitrogen and oxygen atoms in total. The highest BCUT2D eigenvalue weighted by atomic mass is 16.5. The molecule has 2 bridgehead atoms. The fourth-order valence-corrected chi connectivity index (χ4v) is 5.31. The largest absolute Gasteiger partial charge is 0.488 e. The number of nitrogens with one attached hydrogen (secondary N) is 1. The monoisotopic (exact) mass is 386 g/mol. The van der Waals surface area contributed by atoms with E-state index < -0.39 is 0 Å². The SMILES string of the molecule is CN(c1ccc2c(c1)OCc1cc(-n3cccn3)ccc1-2)C1C[C@H]2CC[C@@H](C1)N2. The van der Waals surface area contributed by atoms with Crippen LogP contribution in [0.15, 0.2) is 54.9 Å². The summed E-state index contributed by atoms with van der Waals surface area (Å²) < 4.78 is 8.08. The third-order valence-electron chi connectivity index (χ3n) is 6.90. The van der Waals surface area contributed by atoms with Crippen LogP contribution in [0, 0.1) is 0 Å². The number of hydrogen-bond acceptors (Lipinski definition) is 4. The van der Waals surface area contributed by atoms with Gasteiger partial charge in [0.25, 0.3) is 0 Å². The second-order valence-corrected chi connectivity index (χ2v) is 8.64. The van der Waals surface area contributed by atoms with Crippen molar-refractivity contribution in [2.45, 2.75) is 50.4 Å². The summed E-state index contributed by atoms with van der Waals surface area (Å²) in [6.45, 7) is 0.599. The van der Waals surface area contributed by atoms with E-state index in [-0.39, 0.29) is 0 Å². The Hall–Kier alpha value is -2.79. The maximum absolute atomic E-state index is 6.19. The first-order chi connectivity index (χ1) is 14.2. The zero-order valence-corrected chi connectivity index (χ0v) is 16.7. The molecule has 1 N–H and O–H groups in total. The molecule has 6 rings (SSSR count). The van der Waals surface area contributed by atoms with Crippen LogP contribution in [-0.2, 0) is 6.61 Å². The Labute approximate surface area is 171 Å². The highest BCUT2D eigenvalue weighted by Gasteiger charge is 2.35. The van der Waals surface area contributed by atoms with Gasteiger partial charge in [0.05, 0.1) is 5.69 Å². The second kappa shape index (κ2) is 6.63. The molecule has 148 valence electrons. The van der Waals surface area contributed by atoms with Gasteiger partial charge in [0, 0.05) is 54.9 Å². The fraction of sp³-hybridized carbons (Fsp3) is 0.375. The maximum atomic E-state index is 6.19. The van der Waals surface area contributed by atoms with E-state index in [2.05, 4.69) is 58.8 Å². The molecule has 0 aliphatic carbocycles. The molecule has 3 aromatic rings. The first-order valence-electron chi connectivity index (χ1n) is 10.6. The quantitative estimate of drug-likeness (QED) is 0.734. The maximum Gasteiger partial charge on any atom is 0.129 e. The summed E-state index contributed by atoms with van der Waals surface area (Å²) in [4.78, 5) is 2.46. The summed E-state index contributed by atoms with van der Waals surface area (Å²) >= 11 is 0. The third kappa shape index (κ3) is 2.92. The summed E-state index contributed by atoms with van der Waals surface area (Å²) in [7, 11) is 2.24. The standard InChI is InChI=1S/C24H26N4O/c1-27(21-12-17-3-4-18(13-21)26-17)19-5-8-23-22-7-6-20(28-10-2-9-25-28)11-16(22)15-29-24(23)14-19/h2,5-11,14,17-18,21,26H,3-4,12-13,15H2,1H3/t17-,18+,21?. The van der Waals surface area contributed by atoms with Gasteiger partial charge in [-0.3, -0.25) is 0 Å². The summed E-state index contributed by atoms with van der Waals surface area (Å²) in [5, 5.41) is 8.08. The molecule has 0 saturated carbocycles. The minimum atomic E-state index is 0.599. The van der Waals surface area contributed by atoms with E-state index in [0.717, 1.165) is 11.4 Å². The van der Waals surface area contributed by atoms with Crippen molar-refractivity contribution in [2.24, 2.45) is 0 Å². The van der Waals surface area contributed by atoms with Crippen molar-refractivity contribution in [1.29, 1.82) is 0 Å². The number of fused-ring (bicyclic) bond motifs is 5. The van der Waals surface area contributed by atoms with Crippen LogP contribution in [-0.4, -0.2) is 35.0 Å². The Morgan fingerprint density at radius 2 is 1.90 bits per heavy atom. The molecule has 0 amide bonds. The molecule has 29 heavy (non-hydrogen) atoms. The Morgan fingerprint density at radius 3 is 2.69 bits per heavy atom. The van der Waals surface area contributed by atoms with Crippen molar-refractivity contribution in [3.8, 4) is 22.6 Å². The Kier molecular flexibility index (Phi) is 3.91. The third-order valence-corrected chi connectivity index (χ3v) is 6.90. The van der Waals surface area contributed by atoms with E-state index in [1.165, 1.54) is 48.1 Å². The van der Waals surface area contributed by atoms with Crippen molar-refractivity contribution >= 4 is 5.69 Å². The lowest BCUT2D eigenvalue weighted by Crippen LogP contribution is -2.47. The molecule has 4 heterocycles. The number of anilines is 1. The smallest absolute Gasteiger partial charge is 0.129 e. The highest BCUT2D eigenvalue weighted by Crippen LogP contribution is 2.41. The van der Waals surface area contributed by atoms with Gasteiger partial charge in [-0.05, 0) is 67.1 Å². The lowest BCUT2D eigenvalue weighted by Gasteiger charge is -2.37. The molecular formula is C24H26N4O.